The summed E-state index contributed by atoms with van der Waals surface area (Å²) in [6, 6.07) is 0. The maximum absolute atomic E-state index is 2.32. The Hall–Kier alpha value is 0. The molecule has 0 saturated heterocycles. The van der Waals surface area contributed by atoms with Gasteiger partial charge in [0.1, 0.15) is 0 Å². The molecule has 0 spiro atoms. The zero-order chi connectivity index (χ0) is 12.6. The Bertz CT molecular complexity index is 202. The Morgan fingerprint density at radius 2 is 1.44 bits per heavy atom. The van der Waals surface area contributed by atoms with Crippen molar-refractivity contribution in [3.63, 3.8) is 0 Å². The maximum Gasteiger partial charge on any atom is -0.0357 e. The normalized spacial score (nSPS) is 30.5. The van der Waals surface area contributed by atoms with E-state index in [1.54, 1.807) is 32.1 Å². The lowest BCUT2D eigenvalue weighted by molar-refractivity contribution is 0.120. The van der Waals surface area contributed by atoms with Gasteiger partial charge < -0.3 is 0 Å². The lowest BCUT2D eigenvalue weighted by atomic mass is 9.67. The van der Waals surface area contributed by atoms with Crippen molar-refractivity contribution in [3.8, 4) is 0 Å². The minimum Gasteiger partial charge on any atom is -0.0654 e. The van der Waals surface area contributed by atoms with Gasteiger partial charge in [-0.25, -0.2) is 0 Å². The predicted molar refractivity (Wildman–Crippen MR) is 80.8 cm³/mol. The molecule has 2 unspecified atom stereocenters. The number of unbranched alkanes of at least 4 members (excludes halogenated alkanes) is 3. The van der Waals surface area contributed by atoms with Gasteiger partial charge in [0, 0.05) is 0 Å². The van der Waals surface area contributed by atoms with Crippen LogP contribution in [0.5, 0.6) is 0 Å². The van der Waals surface area contributed by atoms with Gasteiger partial charge in [0.05, 0.1) is 0 Å². The van der Waals surface area contributed by atoms with Crippen LogP contribution in [0.2, 0.25) is 0 Å². The summed E-state index contributed by atoms with van der Waals surface area (Å²) in [5.41, 5.74) is 0. The van der Waals surface area contributed by atoms with E-state index in [1.807, 2.05) is 0 Å². The lowest BCUT2D eigenvalue weighted by Gasteiger charge is -2.39. The summed E-state index contributed by atoms with van der Waals surface area (Å²) in [4.78, 5) is 0. The Balaban J connectivity index is 1.77. The zero-order valence-electron chi connectivity index (χ0n) is 12.6. The van der Waals surface area contributed by atoms with Gasteiger partial charge in [-0.15, -0.1) is 0 Å². The van der Waals surface area contributed by atoms with Gasteiger partial charge >= 0.3 is 0 Å². The summed E-state index contributed by atoms with van der Waals surface area (Å²) >= 11 is 0. The van der Waals surface area contributed by atoms with E-state index in [4.69, 9.17) is 0 Å². The largest absolute Gasteiger partial charge is 0.0654 e. The molecule has 0 nitrogen and oxygen atoms in total. The standard InChI is InChI=1S/C18H34/c1-2-3-4-6-11-17-14-9-10-15-18(17)16-12-7-5-8-13-16/h16-18H,2-15H2,1H3. The lowest BCUT2D eigenvalue weighted by Crippen LogP contribution is -2.28. The molecule has 2 rings (SSSR count). The second-order valence-electron chi connectivity index (χ2n) is 6.96. The van der Waals surface area contributed by atoms with Gasteiger partial charge in [-0.2, -0.15) is 0 Å². The first kappa shape index (κ1) is 14.4. The van der Waals surface area contributed by atoms with Crippen LogP contribution in [0.25, 0.3) is 0 Å². The van der Waals surface area contributed by atoms with E-state index in [0.29, 0.717) is 0 Å². The molecule has 0 bridgehead atoms. The van der Waals surface area contributed by atoms with Gasteiger partial charge in [0.2, 0.25) is 0 Å². The van der Waals surface area contributed by atoms with Crippen molar-refractivity contribution in [2.24, 2.45) is 17.8 Å². The van der Waals surface area contributed by atoms with Crippen LogP contribution >= 0.6 is 0 Å². The highest BCUT2D eigenvalue weighted by Gasteiger charge is 2.31. The van der Waals surface area contributed by atoms with Crippen molar-refractivity contribution in [3.05, 3.63) is 0 Å². The third-order valence-electron chi connectivity index (χ3n) is 5.65. The molecule has 0 aromatic rings. The minimum atomic E-state index is 1.11. The van der Waals surface area contributed by atoms with E-state index >= 15 is 0 Å². The molecule has 0 amide bonds. The van der Waals surface area contributed by atoms with E-state index in [1.165, 1.54) is 57.8 Å². The molecule has 106 valence electrons. The van der Waals surface area contributed by atoms with Crippen LogP contribution in [-0.2, 0) is 0 Å². The van der Waals surface area contributed by atoms with Gasteiger partial charge in [0.25, 0.3) is 0 Å². The number of rotatable bonds is 6. The number of hydrogen-bond acceptors (Lipinski definition) is 0. The van der Waals surface area contributed by atoms with E-state index in [2.05, 4.69) is 6.92 Å². The Morgan fingerprint density at radius 1 is 0.722 bits per heavy atom. The molecule has 2 atom stereocenters. The van der Waals surface area contributed by atoms with E-state index < -0.39 is 0 Å². The van der Waals surface area contributed by atoms with E-state index in [0.717, 1.165) is 17.8 Å². The summed E-state index contributed by atoms with van der Waals surface area (Å²) in [6.45, 7) is 2.32. The van der Waals surface area contributed by atoms with Crippen LogP contribution in [-0.4, -0.2) is 0 Å². The second kappa shape index (κ2) is 8.23. The van der Waals surface area contributed by atoms with Crippen molar-refractivity contribution in [1.82, 2.24) is 0 Å². The average Bonchev–Trinajstić information content (AvgIpc) is 2.45. The van der Waals surface area contributed by atoms with Crippen molar-refractivity contribution in [1.29, 1.82) is 0 Å². The summed E-state index contributed by atoms with van der Waals surface area (Å²) in [7, 11) is 0. The molecule has 2 saturated carbocycles. The SMILES string of the molecule is CCCCCCC1CCCCC1C1CCCCC1. The summed E-state index contributed by atoms with van der Waals surface area (Å²) in [5, 5.41) is 0. The quantitative estimate of drug-likeness (QED) is 0.482. The molecule has 18 heavy (non-hydrogen) atoms. The van der Waals surface area contributed by atoms with Crippen LogP contribution in [0.4, 0.5) is 0 Å². The monoisotopic (exact) mass is 250 g/mol. The molecule has 0 heteroatoms. The topological polar surface area (TPSA) is 0 Å². The first-order valence-electron chi connectivity index (χ1n) is 8.92. The van der Waals surface area contributed by atoms with Crippen LogP contribution in [0.3, 0.4) is 0 Å². The van der Waals surface area contributed by atoms with Crippen molar-refractivity contribution in [2.75, 3.05) is 0 Å². The summed E-state index contributed by atoms with van der Waals surface area (Å²) in [6.07, 6.45) is 21.3. The first-order valence-corrected chi connectivity index (χ1v) is 8.92. The second-order valence-corrected chi connectivity index (χ2v) is 6.96. The van der Waals surface area contributed by atoms with Crippen LogP contribution in [0, 0.1) is 17.8 Å². The molecule has 0 radical (unpaired) electrons. The van der Waals surface area contributed by atoms with Crippen LogP contribution in [0.1, 0.15) is 96.8 Å². The minimum absolute atomic E-state index is 1.11. The third-order valence-corrected chi connectivity index (χ3v) is 5.65. The molecule has 2 aliphatic carbocycles. The Morgan fingerprint density at radius 3 is 2.22 bits per heavy atom. The van der Waals surface area contributed by atoms with Crippen molar-refractivity contribution in [2.45, 2.75) is 96.8 Å². The molecule has 0 N–H and O–H groups in total. The first-order chi connectivity index (χ1) is 8.92. The van der Waals surface area contributed by atoms with Crippen molar-refractivity contribution >= 4 is 0 Å². The van der Waals surface area contributed by atoms with Crippen LogP contribution in [0.15, 0.2) is 0 Å². The molecular weight excluding hydrogens is 216 g/mol. The van der Waals surface area contributed by atoms with Crippen molar-refractivity contribution < 1.29 is 0 Å². The molecule has 0 heterocycles. The molecular formula is C18H34. The summed E-state index contributed by atoms with van der Waals surface area (Å²) < 4.78 is 0. The number of hydrogen-bond donors (Lipinski definition) is 0. The van der Waals surface area contributed by atoms with Gasteiger partial charge in [0.15, 0.2) is 0 Å². The van der Waals surface area contributed by atoms with Gasteiger partial charge in [-0.05, 0) is 24.2 Å². The van der Waals surface area contributed by atoms with Gasteiger partial charge in [-0.3, -0.25) is 0 Å². The van der Waals surface area contributed by atoms with Gasteiger partial charge in [-0.1, -0.05) is 90.4 Å². The molecule has 0 aromatic heterocycles. The fraction of sp³-hybridized carbons (Fsp3) is 1.00. The highest BCUT2D eigenvalue weighted by atomic mass is 14.4. The fourth-order valence-electron chi connectivity index (χ4n) is 4.61. The summed E-state index contributed by atoms with van der Waals surface area (Å²) in [5.74, 6) is 3.36. The smallest absolute Gasteiger partial charge is 0.0357 e. The molecule has 0 aromatic carbocycles. The highest BCUT2D eigenvalue weighted by molar-refractivity contribution is 4.82. The average molecular weight is 250 g/mol. The fourth-order valence-corrected chi connectivity index (χ4v) is 4.61. The van der Waals surface area contributed by atoms with E-state index in [-0.39, 0.29) is 0 Å². The molecule has 2 aliphatic rings. The zero-order valence-corrected chi connectivity index (χ0v) is 12.6. The third kappa shape index (κ3) is 4.28. The Labute approximate surface area is 115 Å². The van der Waals surface area contributed by atoms with Crippen LogP contribution < -0.4 is 0 Å². The molecule has 0 aliphatic heterocycles. The molecule has 2 fully saturated rings. The van der Waals surface area contributed by atoms with E-state index in [9.17, 15) is 0 Å². The highest BCUT2D eigenvalue weighted by Crippen LogP contribution is 2.43. The Kier molecular flexibility index (Phi) is 6.59. The predicted octanol–water partition coefficient (Wildman–Crippen LogP) is 6.34. The maximum atomic E-state index is 2.32.